The van der Waals surface area contributed by atoms with E-state index in [1.807, 2.05) is 20.8 Å². The summed E-state index contributed by atoms with van der Waals surface area (Å²) in [7, 11) is 0. The molecule has 0 spiro atoms. The average Bonchev–Trinajstić information content (AvgIpc) is 2.59. The summed E-state index contributed by atoms with van der Waals surface area (Å²) in [5, 5.41) is 16.1. The summed E-state index contributed by atoms with van der Waals surface area (Å²) in [6.45, 7) is 9.34. The van der Waals surface area contributed by atoms with Gasteiger partial charge in [0.05, 0.1) is 23.9 Å². The number of hydrogen-bond donors (Lipinski definition) is 2. The van der Waals surface area contributed by atoms with E-state index in [1.54, 1.807) is 24.7 Å². The van der Waals surface area contributed by atoms with E-state index in [4.69, 9.17) is 5.11 Å². The number of aromatic nitrogens is 2. The summed E-state index contributed by atoms with van der Waals surface area (Å²) in [4.78, 5) is 12.0. The molecule has 1 heterocycles. The molecule has 1 amide bonds. The van der Waals surface area contributed by atoms with Crippen molar-refractivity contribution in [2.24, 2.45) is 0 Å². The molecule has 2 N–H and O–H groups in total. The van der Waals surface area contributed by atoms with Crippen LogP contribution in [0.3, 0.4) is 0 Å². The molecule has 1 rings (SSSR count). The van der Waals surface area contributed by atoms with Gasteiger partial charge in [-0.05, 0) is 34.6 Å². The number of aliphatic hydroxyl groups excluding tert-OH is 1. The molecule has 0 saturated heterocycles. The first-order valence-electron chi connectivity index (χ1n) is 5.76. The maximum absolute atomic E-state index is 12.0. The molecular weight excluding hydrogens is 218 g/mol. The number of amides is 1. The number of aliphatic hydroxyl groups is 1. The predicted molar refractivity (Wildman–Crippen MR) is 66.0 cm³/mol. The predicted octanol–water partition coefficient (Wildman–Crippen LogP) is 1.27. The third-order valence-corrected chi connectivity index (χ3v) is 2.63. The molecule has 0 aromatic carbocycles. The molecule has 0 bridgehead atoms. The van der Waals surface area contributed by atoms with Gasteiger partial charge in [0, 0.05) is 11.7 Å². The van der Waals surface area contributed by atoms with Crippen LogP contribution in [0.4, 0.5) is 0 Å². The van der Waals surface area contributed by atoms with E-state index < -0.39 is 5.54 Å². The van der Waals surface area contributed by atoms with Gasteiger partial charge < -0.3 is 10.4 Å². The van der Waals surface area contributed by atoms with E-state index in [-0.39, 0.29) is 18.6 Å². The van der Waals surface area contributed by atoms with Crippen LogP contribution in [0.2, 0.25) is 0 Å². The lowest BCUT2D eigenvalue weighted by atomic mass is 10.1. The first-order valence-corrected chi connectivity index (χ1v) is 5.76. The Labute approximate surface area is 102 Å². The van der Waals surface area contributed by atoms with Crippen LogP contribution in [0, 0.1) is 6.92 Å². The molecule has 1 aromatic heterocycles. The highest BCUT2D eigenvalue weighted by Gasteiger charge is 2.23. The van der Waals surface area contributed by atoms with E-state index in [1.165, 1.54) is 0 Å². The van der Waals surface area contributed by atoms with Crippen molar-refractivity contribution in [1.82, 2.24) is 15.1 Å². The number of carbonyl (C=O) groups is 1. The molecule has 0 atom stereocenters. The summed E-state index contributed by atoms with van der Waals surface area (Å²) < 4.78 is 1.81. The molecular formula is C12H21N3O2. The van der Waals surface area contributed by atoms with E-state index in [2.05, 4.69) is 10.4 Å². The highest BCUT2D eigenvalue weighted by atomic mass is 16.3. The van der Waals surface area contributed by atoms with E-state index in [0.717, 1.165) is 5.69 Å². The standard InChI is InChI=1S/C12H21N3O2/c1-8(2)15-9(3)10(6-13-15)11(17)14-12(4,5)7-16/h6,8,16H,7H2,1-5H3,(H,14,17). The van der Waals surface area contributed by atoms with Crippen molar-refractivity contribution in [3.63, 3.8) is 0 Å². The Morgan fingerprint density at radius 1 is 1.59 bits per heavy atom. The highest BCUT2D eigenvalue weighted by molar-refractivity contribution is 5.95. The molecule has 1 aromatic rings. The van der Waals surface area contributed by atoms with Crippen LogP contribution >= 0.6 is 0 Å². The molecule has 0 fully saturated rings. The lowest BCUT2D eigenvalue weighted by Crippen LogP contribution is -2.46. The highest BCUT2D eigenvalue weighted by Crippen LogP contribution is 2.13. The van der Waals surface area contributed by atoms with Gasteiger partial charge in [-0.25, -0.2) is 0 Å². The maximum Gasteiger partial charge on any atom is 0.255 e. The van der Waals surface area contributed by atoms with Crippen molar-refractivity contribution in [2.75, 3.05) is 6.61 Å². The molecule has 96 valence electrons. The van der Waals surface area contributed by atoms with Gasteiger partial charge in [-0.3, -0.25) is 9.48 Å². The van der Waals surface area contributed by atoms with E-state index >= 15 is 0 Å². The second-order valence-corrected chi connectivity index (χ2v) is 5.18. The van der Waals surface area contributed by atoms with Crippen LogP contribution in [0.5, 0.6) is 0 Å². The van der Waals surface area contributed by atoms with Gasteiger partial charge in [0.2, 0.25) is 0 Å². The van der Waals surface area contributed by atoms with Crippen LogP contribution in [-0.2, 0) is 0 Å². The van der Waals surface area contributed by atoms with E-state index in [0.29, 0.717) is 5.56 Å². The summed E-state index contributed by atoms with van der Waals surface area (Å²) in [5.41, 5.74) is 0.773. The summed E-state index contributed by atoms with van der Waals surface area (Å²) >= 11 is 0. The minimum absolute atomic E-state index is 0.101. The Morgan fingerprint density at radius 3 is 2.59 bits per heavy atom. The molecule has 0 aliphatic rings. The lowest BCUT2D eigenvalue weighted by Gasteiger charge is -2.23. The number of nitrogens with one attached hydrogen (secondary N) is 1. The second kappa shape index (κ2) is 4.87. The Balaban J connectivity index is 2.91. The molecule has 0 aliphatic heterocycles. The zero-order chi connectivity index (χ0) is 13.2. The molecule has 0 unspecified atom stereocenters. The van der Waals surface area contributed by atoms with Crippen LogP contribution in [0.25, 0.3) is 0 Å². The minimum Gasteiger partial charge on any atom is -0.394 e. The van der Waals surface area contributed by atoms with Crippen molar-refractivity contribution >= 4 is 5.91 Å². The second-order valence-electron chi connectivity index (χ2n) is 5.18. The van der Waals surface area contributed by atoms with Gasteiger partial charge in [0.25, 0.3) is 5.91 Å². The molecule has 5 nitrogen and oxygen atoms in total. The van der Waals surface area contributed by atoms with Gasteiger partial charge in [-0.2, -0.15) is 5.10 Å². The fourth-order valence-electron chi connectivity index (χ4n) is 1.58. The summed E-state index contributed by atoms with van der Waals surface area (Å²) in [6.07, 6.45) is 1.57. The Morgan fingerprint density at radius 2 is 2.18 bits per heavy atom. The first kappa shape index (κ1) is 13.7. The number of carbonyl (C=O) groups excluding carboxylic acids is 1. The van der Waals surface area contributed by atoms with E-state index in [9.17, 15) is 4.79 Å². The Kier molecular flexibility index (Phi) is 3.93. The van der Waals surface area contributed by atoms with Gasteiger partial charge in [0.1, 0.15) is 0 Å². The number of nitrogens with zero attached hydrogens (tertiary/aromatic N) is 2. The topological polar surface area (TPSA) is 67.2 Å². The van der Waals surface area contributed by atoms with Gasteiger partial charge >= 0.3 is 0 Å². The fourth-order valence-corrected chi connectivity index (χ4v) is 1.58. The molecule has 0 saturated carbocycles. The van der Waals surface area contributed by atoms with Crippen LogP contribution in [0.1, 0.15) is 49.8 Å². The zero-order valence-corrected chi connectivity index (χ0v) is 11.1. The fraction of sp³-hybridized carbons (Fsp3) is 0.667. The molecule has 17 heavy (non-hydrogen) atoms. The normalized spacial score (nSPS) is 11.9. The summed E-state index contributed by atoms with van der Waals surface area (Å²) in [6, 6.07) is 0.224. The Bertz CT molecular complexity index is 408. The minimum atomic E-state index is -0.622. The molecule has 5 heteroatoms. The third kappa shape index (κ3) is 3.06. The SMILES string of the molecule is Cc1c(C(=O)NC(C)(C)CO)cnn1C(C)C. The van der Waals surface area contributed by atoms with Crippen LogP contribution < -0.4 is 5.32 Å². The van der Waals surface area contributed by atoms with Crippen molar-refractivity contribution in [3.05, 3.63) is 17.5 Å². The number of rotatable bonds is 4. The van der Waals surface area contributed by atoms with Gasteiger partial charge in [0.15, 0.2) is 0 Å². The van der Waals surface area contributed by atoms with Crippen LogP contribution in [-0.4, -0.2) is 32.9 Å². The third-order valence-electron chi connectivity index (χ3n) is 2.63. The summed E-state index contributed by atoms with van der Waals surface area (Å²) in [5.74, 6) is -0.201. The van der Waals surface area contributed by atoms with Crippen molar-refractivity contribution in [1.29, 1.82) is 0 Å². The molecule has 0 aliphatic carbocycles. The zero-order valence-electron chi connectivity index (χ0n) is 11.1. The van der Waals surface area contributed by atoms with Crippen LogP contribution in [0.15, 0.2) is 6.20 Å². The lowest BCUT2D eigenvalue weighted by molar-refractivity contribution is 0.0868. The largest absolute Gasteiger partial charge is 0.394 e. The average molecular weight is 239 g/mol. The monoisotopic (exact) mass is 239 g/mol. The van der Waals surface area contributed by atoms with Crippen molar-refractivity contribution < 1.29 is 9.90 Å². The quantitative estimate of drug-likeness (QED) is 0.831. The smallest absolute Gasteiger partial charge is 0.255 e. The maximum atomic E-state index is 12.0. The van der Waals surface area contributed by atoms with Gasteiger partial charge in [-0.15, -0.1) is 0 Å². The van der Waals surface area contributed by atoms with Crippen molar-refractivity contribution in [2.45, 2.75) is 46.2 Å². The van der Waals surface area contributed by atoms with Gasteiger partial charge in [-0.1, -0.05) is 0 Å². The molecule has 0 radical (unpaired) electrons. The Hall–Kier alpha value is -1.36. The number of hydrogen-bond acceptors (Lipinski definition) is 3. The first-order chi connectivity index (χ1) is 7.78. The van der Waals surface area contributed by atoms with Crippen molar-refractivity contribution in [3.8, 4) is 0 Å².